The number of hydrogen-bond acceptors (Lipinski definition) is 7. The Morgan fingerprint density at radius 1 is 1.25 bits per heavy atom. The first-order valence-corrected chi connectivity index (χ1v) is 12.4. The molecule has 32 heavy (non-hydrogen) atoms. The lowest BCUT2D eigenvalue weighted by Crippen LogP contribution is -2.47. The number of carbonyl (C=O) groups is 1. The highest BCUT2D eigenvalue weighted by Crippen LogP contribution is 2.33. The van der Waals surface area contributed by atoms with Crippen molar-refractivity contribution in [2.45, 2.75) is 32.0 Å². The van der Waals surface area contributed by atoms with Gasteiger partial charge >= 0.3 is 0 Å². The Morgan fingerprint density at radius 3 is 2.81 bits per heavy atom. The van der Waals surface area contributed by atoms with Gasteiger partial charge in [-0.2, -0.15) is 0 Å². The quantitative estimate of drug-likeness (QED) is 0.429. The number of likely N-dealkylation sites (tertiary alicyclic amines) is 1. The molecule has 0 N–H and O–H groups in total. The average molecular weight is 469 g/mol. The lowest BCUT2D eigenvalue weighted by molar-refractivity contribution is -0.136. The first kappa shape index (κ1) is 21.1. The van der Waals surface area contributed by atoms with Gasteiger partial charge in [-0.15, -0.1) is 22.7 Å². The first-order valence-electron chi connectivity index (χ1n) is 10.6. The van der Waals surface area contributed by atoms with Gasteiger partial charge in [0.15, 0.2) is 0 Å². The molecule has 4 aromatic rings. The molecule has 166 valence electrons. The molecule has 0 bridgehead atoms. The van der Waals surface area contributed by atoms with E-state index in [1.807, 2.05) is 39.9 Å². The summed E-state index contributed by atoms with van der Waals surface area (Å²) in [6.07, 6.45) is 4.93. The largest absolute Gasteiger partial charge is 0.467 e. The number of piperidine rings is 1. The Morgan fingerprint density at radius 2 is 2.09 bits per heavy atom. The van der Waals surface area contributed by atoms with E-state index in [-0.39, 0.29) is 24.1 Å². The van der Waals surface area contributed by atoms with Crippen molar-refractivity contribution in [1.29, 1.82) is 0 Å². The van der Waals surface area contributed by atoms with Crippen LogP contribution in [-0.2, 0) is 17.9 Å². The van der Waals surface area contributed by atoms with Gasteiger partial charge < -0.3 is 14.2 Å². The Bertz CT molecular complexity index is 1250. The molecule has 0 spiro atoms. The summed E-state index contributed by atoms with van der Waals surface area (Å²) in [6, 6.07) is 7.81. The summed E-state index contributed by atoms with van der Waals surface area (Å²) in [5.74, 6) is 0.656. The minimum Gasteiger partial charge on any atom is -0.467 e. The zero-order chi connectivity index (χ0) is 22.1. The fraction of sp³-hybridized carbons (Fsp3) is 0.348. The van der Waals surface area contributed by atoms with Crippen LogP contribution < -0.4 is 5.56 Å². The first-order chi connectivity index (χ1) is 15.6. The number of amides is 1. The van der Waals surface area contributed by atoms with E-state index in [9.17, 15) is 9.59 Å². The van der Waals surface area contributed by atoms with Gasteiger partial charge in [0, 0.05) is 21.9 Å². The summed E-state index contributed by atoms with van der Waals surface area (Å²) in [6.45, 7) is 2.26. The fourth-order valence-corrected chi connectivity index (χ4v) is 5.95. The molecule has 7 nitrogen and oxygen atoms in total. The van der Waals surface area contributed by atoms with Crippen LogP contribution in [0.4, 0.5) is 0 Å². The van der Waals surface area contributed by atoms with Crippen LogP contribution in [0.15, 0.2) is 56.8 Å². The number of carbonyl (C=O) groups excluding carboxylic acids is 1. The van der Waals surface area contributed by atoms with Crippen molar-refractivity contribution in [3.63, 3.8) is 0 Å². The molecule has 0 saturated carbocycles. The van der Waals surface area contributed by atoms with E-state index in [4.69, 9.17) is 4.42 Å². The molecule has 1 aliphatic heterocycles. The van der Waals surface area contributed by atoms with E-state index < -0.39 is 0 Å². The third-order valence-electron chi connectivity index (χ3n) is 6.01. The number of nitrogens with zero attached hydrogens (tertiary/aromatic N) is 4. The van der Waals surface area contributed by atoms with Gasteiger partial charge in [0.05, 0.1) is 24.5 Å². The van der Waals surface area contributed by atoms with E-state index in [1.165, 1.54) is 22.2 Å². The van der Waals surface area contributed by atoms with E-state index >= 15 is 0 Å². The molecule has 4 aromatic heterocycles. The van der Waals surface area contributed by atoms with Gasteiger partial charge in [0.1, 0.15) is 17.1 Å². The highest BCUT2D eigenvalue weighted by atomic mass is 32.1. The standard InChI is InChI=1S/C23H24N4O3S2/c1-25-8-6-16(7-9-25)27(12-17-4-2-10-30-17)20(28)13-26-15-24-22-21(23(26)29)18(14-32-22)19-5-3-11-31-19/h2-5,10-11,14-16H,6-9,12-13H2,1H3. The summed E-state index contributed by atoms with van der Waals surface area (Å²) in [5, 5.41) is 4.55. The Labute approximate surface area is 193 Å². The molecule has 0 aromatic carbocycles. The van der Waals surface area contributed by atoms with Crippen molar-refractivity contribution >= 4 is 38.8 Å². The smallest absolute Gasteiger partial charge is 0.263 e. The van der Waals surface area contributed by atoms with Gasteiger partial charge in [-0.1, -0.05) is 6.07 Å². The number of furan rings is 1. The van der Waals surface area contributed by atoms with Crippen molar-refractivity contribution in [2.24, 2.45) is 0 Å². The summed E-state index contributed by atoms with van der Waals surface area (Å²) in [5.41, 5.74) is 0.719. The van der Waals surface area contributed by atoms with Crippen LogP contribution in [0.5, 0.6) is 0 Å². The average Bonchev–Trinajstić information content (AvgIpc) is 3.56. The SMILES string of the molecule is CN1CCC(N(Cc2ccco2)C(=O)Cn2cnc3scc(-c4cccs4)c3c2=O)CC1. The number of aromatic nitrogens is 2. The molecule has 0 radical (unpaired) electrons. The lowest BCUT2D eigenvalue weighted by atomic mass is 10.0. The molecule has 1 fully saturated rings. The van der Waals surface area contributed by atoms with Crippen LogP contribution in [0.2, 0.25) is 0 Å². The Kier molecular flexibility index (Phi) is 5.95. The summed E-state index contributed by atoms with van der Waals surface area (Å²) in [4.78, 5) is 37.1. The van der Waals surface area contributed by atoms with Gasteiger partial charge in [0.25, 0.3) is 5.56 Å². The van der Waals surface area contributed by atoms with Crippen LogP contribution >= 0.6 is 22.7 Å². The highest BCUT2D eigenvalue weighted by Gasteiger charge is 2.28. The zero-order valence-corrected chi connectivity index (χ0v) is 19.4. The van der Waals surface area contributed by atoms with Gasteiger partial charge in [-0.05, 0) is 56.6 Å². The van der Waals surface area contributed by atoms with Crippen molar-refractivity contribution in [3.05, 3.63) is 63.7 Å². The second-order valence-corrected chi connectivity index (χ2v) is 9.93. The fourth-order valence-electron chi connectivity index (χ4n) is 4.23. The summed E-state index contributed by atoms with van der Waals surface area (Å²) in [7, 11) is 2.10. The molecule has 1 amide bonds. The van der Waals surface area contributed by atoms with Crippen LogP contribution in [0.25, 0.3) is 20.7 Å². The maximum Gasteiger partial charge on any atom is 0.263 e. The van der Waals surface area contributed by atoms with Crippen molar-refractivity contribution in [3.8, 4) is 10.4 Å². The van der Waals surface area contributed by atoms with Crippen molar-refractivity contribution in [2.75, 3.05) is 20.1 Å². The molecular weight excluding hydrogens is 444 g/mol. The lowest BCUT2D eigenvalue weighted by Gasteiger charge is -2.37. The molecule has 5 heterocycles. The monoisotopic (exact) mass is 468 g/mol. The van der Waals surface area contributed by atoms with Crippen LogP contribution in [0.1, 0.15) is 18.6 Å². The number of thiophene rings is 2. The second kappa shape index (κ2) is 9.01. The van der Waals surface area contributed by atoms with Crippen LogP contribution in [0.3, 0.4) is 0 Å². The summed E-state index contributed by atoms with van der Waals surface area (Å²) < 4.78 is 6.96. The Hall–Kier alpha value is -2.75. The predicted octanol–water partition coefficient (Wildman–Crippen LogP) is 3.90. The maximum absolute atomic E-state index is 13.4. The molecule has 1 saturated heterocycles. The van der Waals surface area contributed by atoms with E-state index in [0.29, 0.717) is 16.8 Å². The van der Waals surface area contributed by atoms with E-state index in [2.05, 4.69) is 16.9 Å². The van der Waals surface area contributed by atoms with Crippen molar-refractivity contribution in [1.82, 2.24) is 19.4 Å². The van der Waals surface area contributed by atoms with Crippen LogP contribution in [-0.4, -0.2) is 51.4 Å². The normalized spacial score (nSPS) is 15.4. The van der Waals surface area contributed by atoms with Crippen molar-refractivity contribution < 1.29 is 9.21 Å². The minimum absolute atomic E-state index is 0.0332. The molecule has 5 rings (SSSR count). The Balaban J connectivity index is 1.44. The van der Waals surface area contributed by atoms with E-state index in [0.717, 1.165) is 42.1 Å². The van der Waals surface area contributed by atoms with Crippen LogP contribution in [0, 0.1) is 0 Å². The zero-order valence-electron chi connectivity index (χ0n) is 17.8. The molecule has 0 unspecified atom stereocenters. The number of hydrogen-bond donors (Lipinski definition) is 0. The minimum atomic E-state index is -0.172. The summed E-state index contributed by atoms with van der Waals surface area (Å²) >= 11 is 3.05. The molecule has 1 aliphatic rings. The predicted molar refractivity (Wildman–Crippen MR) is 127 cm³/mol. The number of rotatable bonds is 6. The van der Waals surface area contributed by atoms with Gasteiger partial charge in [0.2, 0.25) is 5.91 Å². The van der Waals surface area contributed by atoms with E-state index in [1.54, 1.807) is 17.6 Å². The molecule has 9 heteroatoms. The third kappa shape index (κ3) is 4.15. The molecule has 0 aliphatic carbocycles. The van der Waals surface area contributed by atoms with Gasteiger partial charge in [-0.25, -0.2) is 4.98 Å². The third-order valence-corrected chi connectivity index (χ3v) is 7.80. The number of fused-ring (bicyclic) bond motifs is 1. The molecule has 0 atom stereocenters. The topological polar surface area (TPSA) is 71.6 Å². The maximum atomic E-state index is 13.4. The molecular formula is C23H24N4O3S2. The van der Waals surface area contributed by atoms with Gasteiger partial charge in [-0.3, -0.25) is 14.2 Å². The highest BCUT2D eigenvalue weighted by molar-refractivity contribution is 7.18. The second-order valence-electron chi connectivity index (χ2n) is 8.12.